The first kappa shape index (κ1) is 13.3. The van der Waals surface area contributed by atoms with Crippen molar-refractivity contribution in [3.8, 4) is 5.75 Å². The third-order valence-electron chi connectivity index (χ3n) is 3.18. The Morgan fingerprint density at radius 3 is 3.17 bits per heavy atom. The maximum atomic E-state index is 5.70. The van der Waals surface area contributed by atoms with E-state index in [0.29, 0.717) is 6.10 Å². The van der Waals surface area contributed by atoms with Gasteiger partial charge in [0.2, 0.25) is 0 Å². The van der Waals surface area contributed by atoms with Crippen LogP contribution in [-0.2, 0) is 11.3 Å². The van der Waals surface area contributed by atoms with Crippen molar-refractivity contribution in [1.29, 1.82) is 0 Å². The van der Waals surface area contributed by atoms with Crippen LogP contribution >= 0.6 is 0 Å². The Labute approximate surface area is 109 Å². The number of hydrogen-bond donors (Lipinski definition) is 1. The van der Waals surface area contributed by atoms with Crippen LogP contribution in [0.3, 0.4) is 0 Å². The van der Waals surface area contributed by atoms with Gasteiger partial charge in [-0.3, -0.25) is 0 Å². The molecule has 18 heavy (non-hydrogen) atoms. The summed E-state index contributed by atoms with van der Waals surface area (Å²) in [5, 5.41) is 3.44. The standard InChI is InChI=1S/C14H22N2O2/c1-16-6-7-18-14(11-16)10-15-9-12-4-3-5-13(8-12)17-2/h3-5,8,14-15H,6-7,9-11H2,1-2H3/t14-/m0/s1. The molecule has 1 aromatic rings. The Hall–Kier alpha value is -1.10. The van der Waals surface area contributed by atoms with Crippen molar-refractivity contribution in [2.45, 2.75) is 12.6 Å². The van der Waals surface area contributed by atoms with Crippen LogP contribution < -0.4 is 10.1 Å². The molecular weight excluding hydrogens is 228 g/mol. The maximum absolute atomic E-state index is 5.70. The monoisotopic (exact) mass is 250 g/mol. The van der Waals surface area contributed by atoms with Crippen molar-refractivity contribution < 1.29 is 9.47 Å². The predicted molar refractivity (Wildman–Crippen MR) is 71.9 cm³/mol. The lowest BCUT2D eigenvalue weighted by atomic mass is 10.2. The highest BCUT2D eigenvalue weighted by Crippen LogP contribution is 2.12. The van der Waals surface area contributed by atoms with Gasteiger partial charge in [0.15, 0.2) is 0 Å². The number of benzene rings is 1. The molecule has 0 aliphatic carbocycles. The molecule has 0 amide bonds. The van der Waals surface area contributed by atoms with Crippen LogP contribution in [0.4, 0.5) is 0 Å². The number of methoxy groups -OCH3 is 1. The minimum Gasteiger partial charge on any atom is -0.497 e. The number of morpholine rings is 1. The van der Waals surface area contributed by atoms with Crippen LogP contribution in [0.5, 0.6) is 5.75 Å². The van der Waals surface area contributed by atoms with Crippen LogP contribution in [0.2, 0.25) is 0 Å². The van der Waals surface area contributed by atoms with Crippen LogP contribution in [0.15, 0.2) is 24.3 Å². The van der Waals surface area contributed by atoms with E-state index in [1.54, 1.807) is 7.11 Å². The number of hydrogen-bond acceptors (Lipinski definition) is 4. The average molecular weight is 250 g/mol. The Balaban J connectivity index is 1.74. The highest BCUT2D eigenvalue weighted by Gasteiger charge is 2.16. The number of ether oxygens (including phenoxy) is 2. The minimum atomic E-state index is 0.300. The average Bonchev–Trinajstić information content (AvgIpc) is 2.39. The molecule has 1 aliphatic heterocycles. The minimum absolute atomic E-state index is 0.300. The molecule has 2 rings (SSSR count). The summed E-state index contributed by atoms with van der Waals surface area (Å²) in [4.78, 5) is 2.31. The van der Waals surface area contributed by atoms with Gasteiger partial charge in [0.25, 0.3) is 0 Å². The second-order valence-corrected chi connectivity index (χ2v) is 4.74. The third kappa shape index (κ3) is 3.98. The zero-order valence-electron chi connectivity index (χ0n) is 11.2. The number of nitrogens with zero attached hydrogens (tertiary/aromatic N) is 1. The van der Waals surface area contributed by atoms with E-state index in [0.717, 1.165) is 38.5 Å². The summed E-state index contributed by atoms with van der Waals surface area (Å²) >= 11 is 0. The zero-order valence-corrected chi connectivity index (χ0v) is 11.2. The molecule has 0 aromatic heterocycles. The summed E-state index contributed by atoms with van der Waals surface area (Å²) in [5.41, 5.74) is 1.23. The van der Waals surface area contributed by atoms with Crippen LogP contribution in [-0.4, -0.2) is 51.4 Å². The molecule has 4 nitrogen and oxygen atoms in total. The molecule has 1 atom stereocenters. The van der Waals surface area contributed by atoms with Gasteiger partial charge in [0, 0.05) is 26.2 Å². The van der Waals surface area contributed by atoms with Gasteiger partial charge in [-0.25, -0.2) is 0 Å². The predicted octanol–water partition coefficient (Wildman–Crippen LogP) is 1.12. The topological polar surface area (TPSA) is 33.7 Å². The number of likely N-dealkylation sites (N-methyl/N-ethyl adjacent to an activating group) is 1. The van der Waals surface area contributed by atoms with Crippen LogP contribution in [0.1, 0.15) is 5.56 Å². The Bertz CT molecular complexity index is 371. The molecule has 0 saturated carbocycles. The summed E-state index contributed by atoms with van der Waals surface area (Å²) in [6.45, 7) is 4.61. The van der Waals surface area contributed by atoms with E-state index < -0.39 is 0 Å². The first-order chi connectivity index (χ1) is 8.78. The quantitative estimate of drug-likeness (QED) is 0.849. The lowest BCUT2D eigenvalue weighted by Gasteiger charge is -2.30. The van der Waals surface area contributed by atoms with Crippen molar-refractivity contribution in [3.05, 3.63) is 29.8 Å². The highest BCUT2D eigenvalue weighted by molar-refractivity contribution is 5.28. The summed E-state index contributed by atoms with van der Waals surface area (Å²) < 4.78 is 10.9. The Morgan fingerprint density at radius 2 is 2.39 bits per heavy atom. The van der Waals surface area contributed by atoms with E-state index in [4.69, 9.17) is 9.47 Å². The number of rotatable bonds is 5. The van der Waals surface area contributed by atoms with Crippen molar-refractivity contribution >= 4 is 0 Å². The number of nitrogens with one attached hydrogen (secondary N) is 1. The molecule has 0 unspecified atom stereocenters. The highest BCUT2D eigenvalue weighted by atomic mass is 16.5. The van der Waals surface area contributed by atoms with Crippen molar-refractivity contribution in [1.82, 2.24) is 10.2 Å². The molecule has 1 aromatic carbocycles. The van der Waals surface area contributed by atoms with E-state index in [9.17, 15) is 0 Å². The fourth-order valence-corrected chi connectivity index (χ4v) is 2.15. The van der Waals surface area contributed by atoms with Gasteiger partial charge in [-0.05, 0) is 24.7 Å². The molecule has 1 saturated heterocycles. The molecule has 0 bridgehead atoms. The molecule has 1 aliphatic rings. The normalized spacial score (nSPS) is 20.9. The smallest absolute Gasteiger partial charge is 0.119 e. The maximum Gasteiger partial charge on any atom is 0.119 e. The summed E-state index contributed by atoms with van der Waals surface area (Å²) in [6, 6.07) is 8.13. The largest absolute Gasteiger partial charge is 0.497 e. The first-order valence-corrected chi connectivity index (χ1v) is 6.41. The summed E-state index contributed by atoms with van der Waals surface area (Å²) in [5.74, 6) is 0.906. The van der Waals surface area contributed by atoms with Gasteiger partial charge in [0.1, 0.15) is 5.75 Å². The van der Waals surface area contributed by atoms with E-state index >= 15 is 0 Å². The third-order valence-corrected chi connectivity index (χ3v) is 3.18. The second kappa shape index (κ2) is 6.73. The Kier molecular flexibility index (Phi) is 4.99. The molecule has 1 heterocycles. The summed E-state index contributed by atoms with van der Waals surface area (Å²) in [7, 11) is 3.83. The molecular formula is C14H22N2O2. The van der Waals surface area contributed by atoms with Gasteiger partial charge in [-0.2, -0.15) is 0 Å². The zero-order chi connectivity index (χ0) is 12.8. The molecule has 1 N–H and O–H groups in total. The van der Waals surface area contributed by atoms with Crippen molar-refractivity contribution in [2.75, 3.05) is 40.4 Å². The second-order valence-electron chi connectivity index (χ2n) is 4.74. The van der Waals surface area contributed by atoms with Crippen LogP contribution in [0.25, 0.3) is 0 Å². The fraction of sp³-hybridized carbons (Fsp3) is 0.571. The van der Waals surface area contributed by atoms with Gasteiger partial charge in [-0.15, -0.1) is 0 Å². The molecule has 100 valence electrons. The van der Waals surface area contributed by atoms with Crippen molar-refractivity contribution in [3.63, 3.8) is 0 Å². The van der Waals surface area contributed by atoms with Crippen LogP contribution in [0, 0.1) is 0 Å². The van der Waals surface area contributed by atoms with Gasteiger partial charge in [0.05, 0.1) is 19.8 Å². The molecule has 4 heteroatoms. The van der Waals surface area contributed by atoms with E-state index in [-0.39, 0.29) is 0 Å². The fourth-order valence-electron chi connectivity index (χ4n) is 2.15. The van der Waals surface area contributed by atoms with E-state index in [2.05, 4.69) is 29.4 Å². The van der Waals surface area contributed by atoms with E-state index in [1.807, 2.05) is 12.1 Å². The van der Waals surface area contributed by atoms with E-state index in [1.165, 1.54) is 5.56 Å². The lowest BCUT2D eigenvalue weighted by Crippen LogP contribution is -2.44. The summed E-state index contributed by atoms with van der Waals surface area (Å²) in [6.07, 6.45) is 0.300. The van der Waals surface area contributed by atoms with Gasteiger partial charge >= 0.3 is 0 Å². The SMILES string of the molecule is COc1cccc(CNC[C@H]2CN(C)CCO2)c1. The molecule has 0 spiro atoms. The first-order valence-electron chi connectivity index (χ1n) is 6.41. The molecule has 0 radical (unpaired) electrons. The lowest BCUT2D eigenvalue weighted by molar-refractivity contribution is -0.0182. The van der Waals surface area contributed by atoms with Gasteiger partial charge < -0.3 is 19.7 Å². The Morgan fingerprint density at radius 1 is 1.50 bits per heavy atom. The van der Waals surface area contributed by atoms with Crippen molar-refractivity contribution in [2.24, 2.45) is 0 Å². The molecule has 1 fully saturated rings. The van der Waals surface area contributed by atoms with Gasteiger partial charge in [-0.1, -0.05) is 12.1 Å².